The van der Waals surface area contributed by atoms with Gasteiger partial charge in [-0.25, -0.2) is 5.21 Å². The third-order valence-corrected chi connectivity index (χ3v) is 6.54. The maximum absolute atomic E-state index is 13.7. The molecule has 9 nitrogen and oxygen atoms in total. The van der Waals surface area contributed by atoms with Crippen LogP contribution in [-0.4, -0.2) is 42.7 Å². The third-order valence-electron chi connectivity index (χ3n) is 5.76. The molecule has 0 aromatic heterocycles. The lowest BCUT2D eigenvalue weighted by molar-refractivity contribution is -0.825. The highest BCUT2D eigenvalue weighted by Crippen LogP contribution is 2.42. The number of nitrogens with zero attached hydrogens (tertiary/aromatic N) is 1. The fourth-order valence-corrected chi connectivity index (χ4v) is 4.30. The average molecular weight is 533 g/mol. The Morgan fingerprint density at radius 3 is 2.56 bits per heavy atom. The lowest BCUT2D eigenvalue weighted by Gasteiger charge is -2.30. The number of fused-ring (bicyclic) bond motifs is 1. The summed E-state index contributed by atoms with van der Waals surface area (Å²) in [7, 11) is 3.06. The topological polar surface area (TPSA) is 114 Å². The largest absolute Gasteiger partial charge is 0.497 e. The summed E-state index contributed by atoms with van der Waals surface area (Å²) < 4.78 is 16.5. The number of carbonyl (C=O) groups excluding carboxylic acids is 2. The SMILES string of the molecule is COc1ccc(CN2C(=O)COc3c(ccc(Cl)c3Cl)C2C(=O)Nc2ccc([NH2+]O)cc2)c(OC)c1. The molecule has 1 unspecified atom stereocenters. The molecule has 0 bridgehead atoms. The van der Waals surface area contributed by atoms with Crippen molar-refractivity contribution in [2.24, 2.45) is 0 Å². The van der Waals surface area contributed by atoms with Gasteiger partial charge in [0.05, 0.1) is 25.8 Å². The van der Waals surface area contributed by atoms with Gasteiger partial charge in [0.1, 0.15) is 28.3 Å². The number of ether oxygens (including phenoxy) is 3. The first-order valence-electron chi connectivity index (χ1n) is 10.9. The number of halogens is 2. The molecule has 36 heavy (non-hydrogen) atoms. The van der Waals surface area contributed by atoms with Crippen molar-refractivity contribution in [3.63, 3.8) is 0 Å². The first kappa shape index (κ1) is 25.6. The van der Waals surface area contributed by atoms with Crippen molar-refractivity contribution in [2.75, 3.05) is 26.1 Å². The second-order valence-corrected chi connectivity index (χ2v) is 8.70. The Hall–Kier alpha value is -3.50. The zero-order valence-corrected chi connectivity index (χ0v) is 21.0. The molecule has 3 aromatic rings. The van der Waals surface area contributed by atoms with Gasteiger partial charge in [-0.3, -0.25) is 9.59 Å². The number of hydrogen-bond acceptors (Lipinski definition) is 6. The van der Waals surface area contributed by atoms with E-state index in [4.69, 9.17) is 37.4 Å². The Bertz CT molecular complexity index is 1290. The van der Waals surface area contributed by atoms with Gasteiger partial charge in [-0.05, 0) is 30.3 Å². The van der Waals surface area contributed by atoms with E-state index in [9.17, 15) is 14.8 Å². The van der Waals surface area contributed by atoms with Gasteiger partial charge in [-0.1, -0.05) is 29.3 Å². The van der Waals surface area contributed by atoms with E-state index in [1.54, 1.807) is 61.7 Å². The second kappa shape index (κ2) is 11.0. The number of methoxy groups -OCH3 is 2. The number of nitrogens with one attached hydrogen (secondary N) is 1. The van der Waals surface area contributed by atoms with E-state index in [0.29, 0.717) is 34.0 Å². The molecule has 0 radical (unpaired) electrons. The number of amides is 2. The molecule has 0 saturated heterocycles. The predicted octanol–water partition coefficient (Wildman–Crippen LogP) is 3.70. The minimum Gasteiger partial charge on any atom is -0.497 e. The minimum absolute atomic E-state index is 0.0472. The Morgan fingerprint density at radius 1 is 1.14 bits per heavy atom. The second-order valence-electron chi connectivity index (χ2n) is 7.91. The summed E-state index contributed by atoms with van der Waals surface area (Å²) in [6.45, 7) is -0.290. The molecule has 4 N–H and O–H groups in total. The van der Waals surface area contributed by atoms with Crippen molar-refractivity contribution in [1.82, 2.24) is 4.90 Å². The number of hydrogen-bond donors (Lipinski definition) is 3. The average Bonchev–Trinajstić information content (AvgIpc) is 3.03. The summed E-state index contributed by atoms with van der Waals surface area (Å²) in [6.07, 6.45) is 0. The minimum atomic E-state index is -1.10. The molecule has 0 saturated carbocycles. The van der Waals surface area contributed by atoms with Gasteiger partial charge < -0.3 is 24.4 Å². The maximum atomic E-state index is 13.7. The fraction of sp³-hybridized carbons (Fsp3) is 0.200. The molecule has 11 heteroatoms. The number of quaternary nitrogens is 1. The van der Waals surface area contributed by atoms with E-state index in [-0.39, 0.29) is 28.9 Å². The molecule has 1 heterocycles. The van der Waals surface area contributed by atoms with Gasteiger partial charge in [0, 0.05) is 35.0 Å². The van der Waals surface area contributed by atoms with Crippen LogP contribution in [0.3, 0.4) is 0 Å². The fourth-order valence-electron chi connectivity index (χ4n) is 3.93. The Labute approximate surface area is 217 Å². The molecule has 1 aliphatic heterocycles. The van der Waals surface area contributed by atoms with Gasteiger partial charge in [-0.2, -0.15) is 5.48 Å². The van der Waals surface area contributed by atoms with Gasteiger partial charge in [0.15, 0.2) is 12.3 Å². The standard InChI is InChI=1S/C25H23Cl2N3O6/c1-34-17-8-3-14(20(11-17)35-2)12-30-21(31)13-36-24-18(9-10-19(26)22(24)27)23(30)25(32)28-15-4-6-16(29-33)7-5-15/h3-11,23,29,33H,12-13H2,1-2H3,(H,28,32)/p+1. The smallest absolute Gasteiger partial charge is 0.261 e. The highest BCUT2D eigenvalue weighted by atomic mass is 35.5. The number of benzene rings is 3. The molecule has 1 atom stereocenters. The first-order chi connectivity index (χ1) is 17.4. The number of nitrogens with two attached hydrogens (primary N) is 1. The van der Waals surface area contributed by atoms with Gasteiger partial charge in [0.2, 0.25) is 0 Å². The van der Waals surface area contributed by atoms with E-state index in [0.717, 1.165) is 5.48 Å². The van der Waals surface area contributed by atoms with Crippen LogP contribution in [-0.2, 0) is 16.1 Å². The molecule has 0 spiro atoms. The van der Waals surface area contributed by atoms with Crippen molar-refractivity contribution in [2.45, 2.75) is 12.6 Å². The van der Waals surface area contributed by atoms with Crippen LogP contribution in [0.5, 0.6) is 17.2 Å². The Morgan fingerprint density at radius 2 is 1.89 bits per heavy atom. The lowest BCUT2D eigenvalue weighted by Crippen LogP contribution is -2.73. The molecular formula is C25H24Cl2N3O6+. The molecule has 3 aromatic carbocycles. The Balaban J connectivity index is 1.77. The van der Waals surface area contributed by atoms with E-state index >= 15 is 0 Å². The number of rotatable bonds is 7. The summed E-state index contributed by atoms with van der Waals surface area (Å²) in [4.78, 5) is 28.4. The highest BCUT2D eigenvalue weighted by molar-refractivity contribution is 6.43. The van der Waals surface area contributed by atoms with E-state index in [1.165, 1.54) is 12.0 Å². The first-order valence-corrected chi connectivity index (χ1v) is 11.6. The molecular weight excluding hydrogens is 509 g/mol. The van der Waals surface area contributed by atoms with Crippen molar-refractivity contribution < 1.29 is 34.5 Å². The Kier molecular flexibility index (Phi) is 7.85. The van der Waals surface area contributed by atoms with Crippen LogP contribution >= 0.6 is 23.2 Å². The van der Waals surface area contributed by atoms with Gasteiger partial charge in [0.25, 0.3) is 11.8 Å². The normalized spacial score (nSPS) is 15.0. The van der Waals surface area contributed by atoms with E-state index in [1.807, 2.05) is 0 Å². The van der Waals surface area contributed by atoms with Crippen LogP contribution in [0.25, 0.3) is 0 Å². The zero-order valence-electron chi connectivity index (χ0n) is 19.5. The van der Waals surface area contributed by atoms with Gasteiger partial charge >= 0.3 is 0 Å². The van der Waals surface area contributed by atoms with Crippen LogP contribution in [0.15, 0.2) is 54.6 Å². The summed E-state index contributed by atoms with van der Waals surface area (Å²) in [6, 6.07) is 13.9. The lowest BCUT2D eigenvalue weighted by atomic mass is 10.0. The summed E-state index contributed by atoms with van der Waals surface area (Å²) in [5.74, 6) is 0.345. The predicted molar refractivity (Wildman–Crippen MR) is 133 cm³/mol. The summed E-state index contributed by atoms with van der Waals surface area (Å²) in [5.41, 5.74) is 3.06. The molecule has 188 valence electrons. The summed E-state index contributed by atoms with van der Waals surface area (Å²) in [5, 5.41) is 12.4. The molecule has 1 aliphatic rings. The van der Waals surface area contributed by atoms with Crippen LogP contribution in [0, 0.1) is 0 Å². The van der Waals surface area contributed by atoms with Crippen molar-refractivity contribution in [3.05, 3.63) is 75.8 Å². The van der Waals surface area contributed by atoms with Gasteiger partial charge in [-0.15, -0.1) is 0 Å². The van der Waals surface area contributed by atoms with Crippen LogP contribution in [0.1, 0.15) is 17.2 Å². The van der Waals surface area contributed by atoms with Crippen LogP contribution in [0.2, 0.25) is 10.0 Å². The number of carbonyl (C=O) groups is 2. The summed E-state index contributed by atoms with van der Waals surface area (Å²) >= 11 is 12.6. The van der Waals surface area contributed by atoms with Crippen molar-refractivity contribution in [1.29, 1.82) is 0 Å². The van der Waals surface area contributed by atoms with Crippen molar-refractivity contribution in [3.8, 4) is 17.2 Å². The van der Waals surface area contributed by atoms with Crippen LogP contribution < -0.4 is 25.0 Å². The highest BCUT2D eigenvalue weighted by Gasteiger charge is 2.38. The molecule has 4 rings (SSSR count). The third kappa shape index (κ3) is 5.19. The van der Waals surface area contributed by atoms with Crippen molar-refractivity contribution >= 4 is 46.4 Å². The van der Waals surface area contributed by atoms with E-state index < -0.39 is 17.9 Å². The van der Waals surface area contributed by atoms with Crippen LogP contribution in [0.4, 0.5) is 11.4 Å². The molecule has 2 amide bonds. The zero-order chi connectivity index (χ0) is 25.8. The maximum Gasteiger partial charge on any atom is 0.261 e. The molecule has 0 aliphatic carbocycles. The van der Waals surface area contributed by atoms with E-state index in [2.05, 4.69) is 5.32 Å². The quantitative estimate of drug-likeness (QED) is 0.316. The number of anilines is 1. The molecule has 0 fully saturated rings. The monoisotopic (exact) mass is 532 g/mol.